The van der Waals surface area contributed by atoms with Crippen LogP contribution in [0.3, 0.4) is 0 Å². The third-order valence-corrected chi connectivity index (χ3v) is 5.68. The number of ketones is 1. The highest BCUT2D eigenvalue weighted by Gasteiger charge is 2.42. The normalized spacial score (nSPS) is 17.7. The Bertz CT molecular complexity index is 1000. The van der Waals surface area contributed by atoms with E-state index in [-0.39, 0.29) is 17.3 Å². The maximum absolute atomic E-state index is 12.6. The van der Waals surface area contributed by atoms with E-state index in [1.165, 1.54) is 23.3 Å². The zero-order valence-corrected chi connectivity index (χ0v) is 16.7. The Hall–Kier alpha value is -3.09. The molecule has 3 heterocycles. The van der Waals surface area contributed by atoms with Crippen molar-refractivity contribution < 1.29 is 19.4 Å². The van der Waals surface area contributed by atoms with Crippen LogP contribution in [0.2, 0.25) is 0 Å². The fourth-order valence-corrected chi connectivity index (χ4v) is 4.03. The van der Waals surface area contributed by atoms with E-state index in [1.54, 1.807) is 30.4 Å². The summed E-state index contributed by atoms with van der Waals surface area (Å²) in [6.45, 7) is 1.41. The highest BCUT2D eigenvalue weighted by atomic mass is 16.5. The lowest BCUT2D eigenvalue weighted by Gasteiger charge is -2.39. The molecule has 2 aliphatic rings. The molecule has 1 aromatic carbocycles. The van der Waals surface area contributed by atoms with Gasteiger partial charge in [-0.1, -0.05) is 30.3 Å². The number of rotatable bonds is 5. The predicted octanol–water partition coefficient (Wildman–Crippen LogP) is 2.72. The number of pyridine rings is 1. The maximum Gasteiger partial charge on any atom is 0.246 e. The molecule has 154 valence electrons. The van der Waals surface area contributed by atoms with Gasteiger partial charge in [0.05, 0.1) is 23.6 Å². The van der Waals surface area contributed by atoms with Crippen LogP contribution in [0.15, 0.2) is 54.6 Å². The number of fused-ring (bicyclic) bond motifs is 2. The van der Waals surface area contributed by atoms with Crippen molar-refractivity contribution in [3.8, 4) is 0 Å². The maximum atomic E-state index is 12.6. The Morgan fingerprint density at radius 1 is 1.03 bits per heavy atom. The molecule has 0 bridgehead atoms. The topological polar surface area (TPSA) is 79.7 Å². The van der Waals surface area contributed by atoms with Crippen molar-refractivity contribution in [2.45, 2.75) is 25.0 Å². The van der Waals surface area contributed by atoms with Gasteiger partial charge < -0.3 is 14.7 Å². The molecule has 1 spiro atoms. The third kappa shape index (κ3) is 4.25. The molecule has 0 unspecified atom stereocenters. The van der Waals surface area contributed by atoms with Gasteiger partial charge >= 0.3 is 0 Å². The minimum Gasteiger partial charge on any atom is -0.388 e. The number of ether oxygens (including phenoxy) is 1. The summed E-state index contributed by atoms with van der Waals surface area (Å²) < 4.78 is 6.16. The highest BCUT2D eigenvalue weighted by Crippen LogP contribution is 2.43. The van der Waals surface area contributed by atoms with Crippen LogP contribution in [0.25, 0.3) is 12.2 Å². The zero-order chi connectivity index (χ0) is 21.0. The second-order valence-corrected chi connectivity index (χ2v) is 7.54. The summed E-state index contributed by atoms with van der Waals surface area (Å²) in [5.41, 5.74) is 3.47. The van der Waals surface area contributed by atoms with Crippen molar-refractivity contribution in [2.75, 3.05) is 19.7 Å². The molecule has 2 aromatic rings. The lowest BCUT2D eigenvalue weighted by atomic mass is 9.84. The van der Waals surface area contributed by atoms with E-state index < -0.39 is 6.61 Å². The summed E-state index contributed by atoms with van der Waals surface area (Å²) >= 11 is 0. The molecule has 1 aromatic heterocycles. The second-order valence-electron chi connectivity index (χ2n) is 7.54. The highest BCUT2D eigenvalue weighted by molar-refractivity contribution is 5.94. The number of likely N-dealkylation sites (tertiary alicyclic amines) is 1. The van der Waals surface area contributed by atoms with Crippen molar-refractivity contribution >= 4 is 23.8 Å². The van der Waals surface area contributed by atoms with Gasteiger partial charge in [-0.3, -0.25) is 9.59 Å². The van der Waals surface area contributed by atoms with E-state index in [0.717, 1.165) is 12.8 Å². The molecule has 1 N–H and O–H groups in total. The van der Waals surface area contributed by atoms with Gasteiger partial charge in [0.25, 0.3) is 0 Å². The molecule has 1 fully saturated rings. The molecule has 6 nitrogen and oxygen atoms in total. The number of aliphatic hydroxyl groups is 1. The van der Waals surface area contributed by atoms with Gasteiger partial charge in [-0.2, -0.15) is 0 Å². The number of hydrogen-bond acceptors (Lipinski definition) is 5. The summed E-state index contributed by atoms with van der Waals surface area (Å²) in [6.07, 6.45) is 7.63. The van der Waals surface area contributed by atoms with Gasteiger partial charge in [0, 0.05) is 19.2 Å². The zero-order valence-electron chi connectivity index (χ0n) is 16.7. The molecule has 1 amide bonds. The van der Waals surface area contributed by atoms with Crippen molar-refractivity contribution in [1.82, 2.24) is 9.88 Å². The van der Waals surface area contributed by atoms with Crippen molar-refractivity contribution in [2.24, 2.45) is 0 Å². The van der Waals surface area contributed by atoms with Gasteiger partial charge in [0.2, 0.25) is 5.91 Å². The van der Waals surface area contributed by atoms with E-state index in [9.17, 15) is 9.59 Å². The first-order valence-corrected chi connectivity index (χ1v) is 10.1. The van der Waals surface area contributed by atoms with Gasteiger partial charge in [0.15, 0.2) is 5.78 Å². The number of aromatic nitrogens is 1. The van der Waals surface area contributed by atoms with E-state index in [1.807, 2.05) is 17.0 Å². The molecular formula is C24H24N2O4. The lowest BCUT2D eigenvalue weighted by Crippen LogP contribution is -2.44. The quantitative estimate of drug-likeness (QED) is 0.775. The van der Waals surface area contributed by atoms with Gasteiger partial charge in [0.1, 0.15) is 6.61 Å². The van der Waals surface area contributed by atoms with Crippen molar-refractivity contribution in [3.63, 3.8) is 0 Å². The molecule has 0 aliphatic carbocycles. The Morgan fingerprint density at radius 3 is 2.47 bits per heavy atom. The minimum atomic E-state index is -0.529. The standard InChI is InChI=1S/C24H24N2O4/c27-16-21(28)10-8-19-5-3-6-20(25-19)9-11-23(29)26-14-12-24(13-15-26)22-7-2-1-4-18(22)17-30-24/h1-11,27H,12-17H2/b10-8+,11-9+. The summed E-state index contributed by atoms with van der Waals surface area (Å²) in [6, 6.07) is 13.7. The van der Waals surface area contributed by atoms with E-state index in [2.05, 4.69) is 17.1 Å². The largest absolute Gasteiger partial charge is 0.388 e. The fraction of sp³-hybridized carbons (Fsp3) is 0.292. The van der Waals surface area contributed by atoms with Crippen molar-refractivity contribution in [1.29, 1.82) is 0 Å². The number of hydrogen-bond donors (Lipinski definition) is 1. The van der Waals surface area contributed by atoms with Crippen LogP contribution in [0, 0.1) is 0 Å². The lowest BCUT2D eigenvalue weighted by molar-refractivity contribution is -0.133. The number of carbonyl (C=O) groups excluding carboxylic acids is 2. The van der Waals surface area contributed by atoms with Gasteiger partial charge in [-0.05, 0) is 54.3 Å². The molecule has 0 radical (unpaired) electrons. The number of amides is 1. The van der Waals surface area contributed by atoms with Crippen LogP contribution in [-0.2, 0) is 26.5 Å². The van der Waals surface area contributed by atoms with Crippen LogP contribution in [-0.4, -0.2) is 46.4 Å². The summed E-state index contributed by atoms with van der Waals surface area (Å²) in [7, 11) is 0. The molecular weight excluding hydrogens is 380 g/mol. The first kappa shape index (κ1) is 20.2. The third-order valence-electron chi connectivity index (χ3n) is 5.68. The molecule has 0 saturated carbocycles. The monoisotopic (exact) mass is 404 g/mol. The molecule has 6 heteroatoms. The summed E-state index contributed by atoms with van der Waals surface area (Å²) in [5, 5.41) is 8.77. The number of carbonyl (C=O) groups is 2. The van der Waals surface area contributed by atoms with E-state index >= 15 is 0 Å². The molecule has 4 rings (SSSR count). The number of aliphatic hydroxyl groups excluding tert-OH is 1. The minimum absolute atomic E-state index is 0.0469. The second kappa shape index (κ2) is 8.73. The van der Waals surface area contributed by atoms with E-state index in [4.69, 9.17) is 9.84 Å². The smallest absolute Gasteiger partial charge is 0.246 e. The molecule has 30 heavy (non-hydrogen) atoms. The average Bonchev–Trinajstić information content (AvgIpc) is 3.15. The Balaban J connectivity index is 1.37. The molecule has 1 saturated heterocycles. The Morgan fingerprint density at radius 2 is 1.73 bits per heavy atom. The Kier molecular flexibility index (Phi) is 5.88. The van der Waals surface area contributed by atoms with Gasteiger partial charge in [-0.25, -0.2) is 4.98 Å². The number of benzene rings is 1. The fourth-order valence-electron chi connectivity index (χ4n) is 4.03. The van der Waals surface area contributed by atoms with Crippen LogP contribution in [0.5, 0.6) is 0 Å². The van der Waals surface area contributed by atoms with Gasteiger partial charge in [-0.15, -0.1) is 0 Å². The summed E-state index contributed by atoms with van der Waals surface area (Å²) in [4.78, 5) is 30.1. The number of nitrogens with zero attached hydrogens (tertiary/aromatic N) is 2. The van der Waals surface area contributed by atoms with Crippen LogP contribution < -0.4 is 0 Å². The van der Waals surface area contributed by atoms with Crippen LogP contribution >= 0.6 is 0 Å². The van der Waals surface area contributed by atoms with E-state index in [0.29, 0.717) is 31.1 Å². The SMILES string of the molecule is O=C(/C=C/c1cccc(/C=C/C(=O)N2CCC3(CC2)OCc2ccccc23)n1)CO. The number of piperidine rings is 1. The van der Waals surface area contributed by atoms with Crippen LogP contribution in [0.1, 0.15) is 35.4 Å². The predicted molar refractivity (Wildman–Crippen MR) is 113 cm³/mol. The average molecular weight is 404 g/mol. The summed E-state index contributed by atoms with van der Waals surface area (Å²) in [5.74, 6) is -0.431. The van der Waals surface area contributed by atoms with Crippen LogP contribution in [0.4, 0.5) is 0 Å². The molecule has 2 aliphatic heterocycles. The molecule has 0 atom stereocenters. The van der Waals surface area contributed by atoms with Crippen molar-refractivity contribution in [3.05, 3.63) is 77.1 Å². The first-order chi connectivity index (χ1) is 14.6. The first-order valence-electron chi connectivity index (χ1n) is 10.1. The Labute approximate surface area is 175 Å².